The maximum atomic E-state index is 12.1. The molecular weight excluding hydrogens is 388 g/mol. The minimum absolute atomic E-state index is 0.0637. The number of esters is 2. The zero-order chi connectivity index (χ0) is 22.4. The molecule has 0 unspecified atom stereocenters. The van der Waals surface area contributed by atoms with Gasteiger partial charge < -0.3 is 9.47 Å². The molecule has 0 spiro atoms. The quantitative estimate of drug-likeness (QED) is 0.313. The van der Waals surface area contributed by atoms with Crippen molar-refractivity contribution in [3.05, 3.63) is 23.3 Å². The molecule has 0 saturated heterocycles. The van der Waals surface area contributed by atoms with Crippen molar-refractivity contribution >= 4 is 11.9 Å². The standard InChI is InChI=1S/C27H40O4/c1-6-30-25(29)15-17(2)22-9-10-23-21-8-7-19-16-20(31-18(3)28)11-13-26(19,4)24(21)12-14-27(22,23)5/h7,15,20-24H,6,8-14,16H2,1-5H3/b17-15+/t20-,21-,22+,23-,24-,26-,27+/m0/s1. The van der Waals surface area contributed by atoms with Crippen LogP contribution in [0.4, 0.5) is 0 Å². The van der Waals surface area contributed by atoms with Gasteiger partial charge in [0, 0.05) is 19.4 Å². The second kappa shape index (κ2) is 8.41. The van der Waals surface area contributed by atoms with Gasteiger partial charge >= 0.3 is 11.9 Å². The molecular formula is C27H40O4. The minimum Gasteiger partial charge on any atom is -0.463 e. The Bertz CT molecular complexity index is 795. The van der Waals surface area contributed by atoms with Gasteiger partial charge in [-0.15, -0.1) is 0 Å². The number of allylic oxidation sites excluding steroid dienone is 2. The van der Waals surface area contributed by atoms with Crippen molar-refractivity contribution in [2.24, 2.45) is 34.5 Å². The summed E-state index contributed by atoms with van der Waals surface area (Å²) in [6.45, 7) is 10.9. The monoisotopic (exact) mass is 428 g/mol. The van der Waals surface area contributed by atoms with E-state index in [2.05, 4.69) is 26.8 Å². The third kappa shape index (κ3) is 3.89. The maximum Gasteiger partial charge on any atom is 0.330 e. The van der Waals surface area contributed by atoms with Crippen molar-refractivity contribution < 1.29 is 19.1 Å². The first-order valence-corrected chi connectivity index (χ1v) is 12.4. The van der Waals surface area contributed by atoms with Crippen LogP contribution in [-0.2, 0) is 19.1 Å². The lowest BCUT2D eigenvalue weighted by molar-refractivity contribution is -0.148. The van der Waals surface area contributed by atoms with E-state index < -0.39 is 0 Å². The van der Waals surface area contributed by atoms with Crippen LogP contribution in [0.2, 0.25) is 0 Å². The molecule has 4 aliphatic rings. The lowest BCUT2D eigenvalue weighted by Crippen LogP contribution is -2.50. The molecule has 3 saturated carbocycles. The van der Waals surface area contributed by atoms with Crippen molar-refractivity contribution in [3.8, 4) is 0 Å². The highest BCUT2D eigenvalue weighted by Gasteiger charge is 2.58. The fraction of sp³-hybridized carbons (Fsp3) is 0.778. The Balaban J connectivity index is 1.54. The molecule has 0 aromatic rings. The molecule has 172 valence electrons. The van der Waals surface area contributed by atoms with Gasteiger partial charge in [-0.1, -0.05) is 31.1 Å². The van der Waals surface area contributed by atoms with E-state index in [1.165, 1.54) is 38.2 Å². The van der Waals surface area contributed by atoms with Crippen LogP contribution in [-0.4, -0.2) is 24.6 Å². The Morgan fingerprint density at radius 1 is 1.10 bits per heavy atom. The Kier molecular flexibility index (Phi) is 6.13. The summed E-state index contributed by atoms with van der Waals surface area (Å²) in [5.41, 5.74) is 3.30. The molecule has 0 heterocycles. The van der Waals surface area contributed by atoms with E-state index in [1.807, 2.05) is 6.92 Å². The summed E-state index contributed by atoms with van der Waals surface area (Å²) in [6.07, 6.45) is 13.5. The number of carbonyl (C=O) groups is 2. The molecule has 0 radical (unpaired) electrons. The molecule has 0 aromatic carbocycles. The fourth-order valence-corrected chi connectivity index (χ4v) is 8.18. The first-order chi connectivity index (χ1) is 14.7. The van der Waals surface area contributed by atoms with Crippen LogP contribution >= 0.6 is 0 Å². The molecule has 0 amide bonds. The molecule has 4 heteroatoms. The van der Waals surface area contributed by atoms with Gasteiger partial charge in [0.1, 0.15) is 6.10 Å². The summed E-state index contributed by atoms with van der Waals surface area (Å²) < 4.78 is 10.7. The van der Waals surface area contributed by atoms with E-state index in [1.54, 1.807) is 11.6 Å². The van der Waals surface area contributed by atoms with Crippen LogP contribution in [0.3, 0.4) is 0 Å². The highest BCUT2D eigenvalue weighted by atomic mass is 16.5. The van der Waals surface area contributed by atoms with Gasteiger partial charge in [-0.05, 0) is 93.3 Å². The first kappa shape index (κ1) is 22.6. The van der Waals surface area contributed by atoms with Gasteiger partial charge in [0.25, 0.3) is 0 Å². The third-order valence-electron chi connectivity index (χ3n) is 9.57. The molecule has 4 nitrogen and oxygen atoms in total. The van der Waals surface area contributed by atoms with Crippen molar-refractivity contribution in [2.45, 2.75) is 92.1 Å². The van der Waals surface area contributed by atoms with Gasteiger partial charge in [-0.2, -0.15) is 0 Å². The molecule has 0 aliphatic heterocycles. The molecule has 3 fully saturated rings. The van der Waals surface area contributed by atoms with E-state index >= 15 is 0 Å². The number of hydrogen-bond acceptors (Lipinski definition) is 4. The number of carbonyl (C=O) groups excluding carboxylic acids is 2. The predicted octanol–water partition coefficient (Wildman–Crippen LogP) is 6.01. The summed E-state index contributed by atoms with van der Waals surface area (Å²) >= 11 is 0. The lowest BCUT2D eigenvalue weighted by atomic mass is 9.47. The Labute approximate surface area is 187 Å². The average Bonchev–Trinajstić information content (AvgIpc) is 3.05. The van der Waals surface area contributed by atoms with Gasteiger partial charge in [-0.3, -0.25) is 4.79 Å². The van der Waals surface area contributed by atoms with Crippen LogP contribution in [0.15, 0.2) is 23.3 Å². The number of rotatable bonds is 4. The van der Waals surface area contributed by atoms with Crippen molar-refractivity contribution in [1.29, 1.82) is 0 Å². The van der Waals surface area contributed by atoms with E-state index in [9.17, 15) is 9.59 Å². The zero-order valence-electron chi connectivity index (χ0n) is 20.0. The highest BCUT2D eigenvalue weighted by molar-refractivity contribution is 5.82. The second-order valence-electron chi connectivity index (χ2n) is 11.0. The Morgan fingerprint density at radius 2 is 1.87 bits per heavy atom. The van der Waals surface area contributed by atoms with Crippen molar-refractivity contribution in [3.63, 3.8) is 0 Å². The van der Waals surface area contributed by atoms with Gasteiger partial charge in [0.15, 0.2) is 0 Å². The Hall–Kier alpha value is -1.58. The van der Waals surface area contributed by atoms with Crippen molar-refractivity contribution in [2.75, 3.05) is 6.61 Å². The van der Waals surface area contributed by atoms with Crippen LogP contribution in [0, 0.1) is 34.5 Å². The molecule has 0 N–H and O–H groups in total. The summed E-state index contributed by atoms with van der Waals surface area (Å²) in [5.74, 6) is 2.33. The average molecular weight is 429 g/mol. The maximum absolute atomic E-state index is 12.1. The summed E-state index contributed by atoms with van der Waals surface area (Å²) in [5, 5.41) is 0. The molecule has 7 atom stereocenters. The topological polar surface area (TPSA) is 52.6 Å². The highest BCUT2D eigenvalue weighted by Crippen LogP contribution is 2.67. The van der Waals surface area contributed by atoms with Gasteiger partial charge in [-0.25, -0.2) is 4.79 Å². The van der Waals surface area contributed by atoms with E-state index in [0.29, 0.717) is 12.5 Å². The third-order valence-corrected chi connectivity index (χ3v) is 9.57. The smallest absolute Gasteiger partial charge is 0.330 e. The number of hydrogen-bond donors (Lipinski definition) is 0. The fourth-order valence-electron chi connectivity index (χ4n) is 8.18. The summed E-state index contributed by atoms with van der Waals surface area (Å²) in [6, 6.07) is 0. The van der Waals surface area contributed by atoms with E-state index in [4.69, 9.17) is 9.47 Å². The van der Waals surface area contributed by atoms with Crippen LogP contribution in [0.1, 0.15) is 86.0 Å². The molecule has 4 rings (SSSR count). The van der Waals surface area contributed by atoms with E-state index in [-0.39, 0.29) is 28.9 Å². The van der Waals surface area contributed by atoms with Gasteiger partial charge in [0.05, 0.1) is 6.61 Å². The molecule has 4 aliphatic carbocycles. The minimum atomic E-state index is -0.192. The first-order valence-electron chi connectivity index (χ1n) is 12.4. The predicted molar refractivity (Wildman–Crippen MR) is 121 cm³/mol. The molecule has 0 aromatic heterocycles. The summed E-state index contributed by atoms with van der Waals surface area (Å²) in [4.78, 5) is 23.5. The lowest BCUT2D eigenvalue weighted by Gasteiger charge is -2.58. The molecule has 0 bridgehead atoms. The normalized spacial score (nSPS) is 42.0. The van der Waals surface area contributed by atoms with Gasteiger partial charge in [0.2, 0.25) is 0 Å². The molecule has 31 heavy (non-hydrogen) atoms. The van der Waals surface area contributed by atoms with Crippen molar-refractivity contribution in [1.82, 2.24) is 0 Å². The van der Waals surface area contributed by atoms with E-state index in [0.717, 1.165) is 43.4 Å². The van der Waals surface area contributed by atoms with Crippen LogP contribution in [0.25, 0.3) is 0 Å². The SMILES string of the molecule is CCOC(=O)/C=C(\C)[C@H]1CC[C@H]2[C@@H]3CC=C4C[C@@H](OC(C)=O)CC[C@]4(C)[C@H]3CC[C@]12C. The largest absolute Gasteiger partial charge is 0.463 e. The Morgan fingerprint density at radius 3 is 2.58 bits per heavy atom. The summed E-state index contributed by atoms with van der Waals surface area (Å²) in [7, 11) is 0. The zero-order valence-corrected chi connectivity index (χ0v) is 20.0. The number of ether oxygens (including phenoxy) is 2. The van der Waals surface area contributed by atoms with Crippen LogP contribution < -0.4 is 0 Å². The second-order valence-corrected chi connectivity index (χ2v) is 11.0. The number of fused-ring (bicyclic) bond motifs is 5. The van der Waals surface area contributed by atoms with Crippen LogP contribution in [0.5, 0.6) is 0 Å².